The van der Waals surface area contributed by atoms with Crippen molar-refractivity contribution in [2.45, 2.75) is 57.9 Å². The van der Waals surface area contributed by atoms with Crippen LogP contribution in [-0.4, -0.2) is 21.2 Å². The summed E-state index contributed by atoms with van der Waals surface area (Å²) >= 11 is 0. The molecule has 0 atom stereocenters. The topological polar surface area (TPSA) is 62.7 Å². The highest BCUT2D eigenvalue weighted by molar-refractivity contribution is 5.60. The van der Waals surface area contributed by atoms with Crippen LogP contribution in [0.25, 0.3) is 0 Å². The summed E-state index contributed by atoms with van der Waals surface area (Å²) in [6, 6.07) is 8.79. The maximum absolute atomic E-state index is 4.56. The largest absolute Gasteiger partial charge is 0.366 e. The van der Waals surface area contributed by atoms with Gasteiger partial charge in [0, 0.05) is 11.7 Å². The fraction of sp³-hybridized carbons (Fsp3) is 0.500. The van der Waals surface area contributed by atoms with E-state index in [4.69, 9.17) is 0 Å². The third-order valence-electron chi connectivity index (χ3n) is 4.25. The van der Waals surface area contributed by atoms with Gasteiger partial charge in [0.1, 0.15) is 0 Å². The van der Waals surface area contributed by atoms with Crippen molar-refractivity contribution in [1.82, 2.24) is 15.2 Å². The van der Waals surface area contributed by atoms with Crippen LogP contribution in [0, 0.1) is 0 Å². The van der Waals surface area contributed by atoms with Crippen LogP contribution < -0.4 is 10.6 Å². The molecule has 5 nitrogen and oxygen atoms in total. The van der Waals surface area contributed by atoms with E-state index in [1.807, 2.05) is 6.07 Å². The van der Waals surface area contributed by atoms with E-state index in [9.17, 15) is 0 Å². The molecule has 2 N–H and O–H groups in total. The van der Waals surface area contributed by atoms with Gasteiger partial charge in [-0.15, -0.1) is 5.10 Å². The van der Waals surface area contributed by atoms with Gasteiger partial charge in [0.2, 0.25) is 5.95 Å². The molecule has 23 heavy (non-hydrogen) atoms. The van der Waals surface area contributed by atoms with Crippen LogP contribution in [0.2, 0.25) is 0 Å². The lowest BCUT2D eigenvalue weighted by atomic mass is 9.86. The van der Waals surface area contributed by atoms with Crippen LogP contribution in [-0.2, 0) is 5.41 Å². The molecule has 1 saturated carbocycles. The number of nitrogens with one attached hydrogen (secondary N) is 2. The number of hydrogen-bond donors (Lipinski definition) is 2. The van der Waals surface area contributed by atoms with Gasteiger partial charge in [-0.25, -0.2) is 0 Å². The molecule has 0 spiro atoms. The SMILES string of the molecule is CC(C)(C)c1ccccc1Nc1nncc(NC2CCCC2)n1. The van der Waals surface area contributed by atoms with Crippen LogP contribution >= 0.6 is 0 Å². The predicted octanol–water partition coefficient (Wildman–Crippen LogP) is 4.27. The zero-order chi connectivity index (χ0) is 16.3. The zero-order valence-corrected chi connectivity index (χ0v) is 14.1. The molecule has 0 aliphatic heterocycles. The summed E-state index contributed by atoms with van der Waals surface area (Å²) in [5.74, 6) is 1.33. The number of hydrogen-bond acceptors (Lipinski definition) is 5. The molecule has 1 aromatic heterocycles. The Kier molecular flexibility index (Phi) is 4.46. The Morgan fingerprint density at radius 2 is 1.83 bits per heavy atom. The molecule has 122 valence electrons. The maximum atomic E-state index is 4.56. The molecule has 1 heterocycles. The van der Waals surface area contributed by atoms with Crippen molar-refractivity contribution in [3.8, 4) is 0 Å². The average molecular weight is 311 g/mol. The smallest absolute Gasteiger partial charge is 0.249 e. The molecule has 0 saturated heterocycles. The lowest BCUT2D eigenvalue weighted by molar-refractivity contribution is 0.592. The van der Waals surface area contributed by atoms with Gasteiger partial charge in [0.05, 0.1) is 6.20 Å². The number of aromatic nitrogens is 3. The zero-order valence-electron chi connectivity index (χ0n) is 14.1. The summed E-state index contributed by atoms with van der Waals surface area (Å²) in [5.41, 5.74) is 2.31. The first-order valence-electron chi connectivity index (χ1n) is 8.35. The van der Waals surface area contributed by atoms with Crippen LogP contribution in [0.4, 0.5) is 17.5 Å². The molecular weight excluding hydrogens is 286 g/mol. The molecule has 2 aromatic rings. The summed E-state index contributed by atoms with van der Waals surface area (Å²) in [7, 11) is 0. The van der Waals surface area contributed by atoms with E-state index in [2.05, 4.69) is 64.8 Å². The summed E-state index contributed by atoms with van der Waals surface area (Å²) in [5, 5.41) is 15.0. The Labute approximate surface area is 137 Å². The fourth-order valence-corrected chi connectivity index (χ4v) is 3.07. The van der Waals surface area contributed by atoms with Crippen molar-refractivity contribution in [2.24, 2.45) is 0 Å². The van der Waals surface area contributed by atoms with Gasteiger partial charge in [0.15, 0.2) is 5.82 Å². The molecule has 3 rings (SSSR count). The van der Waals surface area contributed by atoms with Crippen molar-refractivity contribution in [2.75, 3.05) is 10.6 Å². The number of nitrogens with zero attached hydrogens (tertiary/aromatic N) is 3. The van der Waals surface area contributed by atoms with Crippen molar-refractivity contribution in [3.63, 3.8) is 0 Å². The molecular formula is C18H25N5. The molecule has 5 heteroatoms. The standard InChI is InChI=1S/C18H25N5/c1-18(2,3)14-10-6-7-11-15(14)21-17-22-16(12-19-23-17)20-13-8-4-5-9-13/h6-7,10-13H,4-5,8-9H2,1-3H3,(H2,20,21,22,23). The second kappa shape index (κ2) is 6.52. The number of para-hydroxylation sites is 1. The molecule has 1 aromatic carbocycles. The predicted molar refractivity (Wildman–Crippen MR) is 94.1 cm³/mol. The van der Waals surface area contributed by atoms with Gasteiger partial charge in [-0.3, -0.25) is 0 Å². The second-order valence-electron chi connectivity index (χ2n) is 7.21. The molecule has 1 fully saturated rings. The van der Waals surface area contributed by atoms with Crippen LogP contribution in [0.5, 0.6) is 0 Å². The summed E-state index contributed by atoms with van der Waals surface area (Å²) < 4.78 is 0. The number of benzene rings is 1. The Morgan fingerprint density at radius 3 is 2.57 bits per heavy atom. The molecule has 0 amide bonds. The van der Waals surface area contributed by atoms with E-state index in [0.717, 1.165) is 11.5 Å². The summed E-state index contributed by atoms with van der Waals surface area (Å²) in [6.45, 7) is 6.60. The van der Waals surface area contributed by atoms with Crippen molar-refractivity contribution >= 4 is 17.5 Å². The first-order chi connectivity index (χ1) is 11.0. The highest BCUT2D eigenvalue weighted by atomic mass is 15.3. The van der Waals surface area contributed by atoms with Crippen molar-refractivity contribution < 1.29 is 0 Å². The molecule has 0 radical (unpaired) electrons. The van der Waals surface area contributed by atoms with Gasteiger partial charge in [0.25, 0.3) is 0 Å². The van der Waals surface area contributed by atoms with Gasteiger partial charge < -0.3 is 10.6 Å². The van der Waals surface area contributed by atoms with E-state index in [-0.39, 0.29) is 5.41 Å². The normalized spacial score (nSPS) is 15.6. The van der Waals surface area contributed by atoms with Crippen molar-refractivity contribution in [1.29, 1.82) is 0 Å². The minimum absolute atomic E-state index is 0.0523. The molecule has 0 unspecified atom stereocenters. The van der Waals surface area contributed by atoms with Crippen LogP contribution in [0.15, 0.2) is 30.5 Å². The van der Waals surface area contributed by atoms with E-state index >= 15 is 0 Å². The Hall–Kier alpha value is -2.17. The highest BCUT2D eigenvalue weighted by Crippen LogP contribution is 2.30. The average Bonchev–Trinajstić information content (AvgIpc) is 3.00. The Balaban J connectivity index is 1.78. The minimum atomic E-state index is 0.0523. The van der Waals surface area contributed by atoms with E-state index < -0.39 is 0 Å². The van der Waals surface area contributed by atoms with Crippen molar-refractivity contribution in [3.05, 3.63) is 36.0 Å². The van der Waals surface area contributed by atoms with Gasteiger partial charge in [-0.1, -0.05) is 51.8 Å². The molecule has 1 aliphatic rings. The quantitative estimate of drug-likeness (QED) is 0.883. The molecule has 1 aliphatic carbocycles. The van der Waals surface area contributed by atoms with E-state index in [1.165, 1.54) is 31.2 Å². The second-order valence-corrected chi connectivity index (χ2v) is 7.21. The maximum Gasteiger partial charge on any atom is 0.249 e. The first kappa shape index (κ1) is 15.7. The highest BCUT2D eigenvalue weighted by Gasteiger charge is 2.18. The minimum Gasteiger partial charge on any atom is -0.366 e. The number of anilines is 3. The summed E-state index contributed by atoms with van der Waals surface area (Å²) in [6.07, 6.45) is 6.69. The lowest BCUT2D eigenvalue weighted by Crippen LogP contribution is -2.17. The third-order valence-corrected chi connectivity index (χ3v) is 4.25. The van der Waals surface area contributed by atoms with E-state index in [0.29, 0.717) is 12.0 Å². The monoisotopic (exact) mass is 311 g/mol. The van der Waals surface area contributed by atoms with Crippen LogP contribution in [0.3, 0.4) is 0 Å². The fourth-order valence-electron chi connectivity index (χ4n) is 3.07. The Bertz CT molecular complexity index is 656. The number of rotatable bonds is 4. The van der Waals surface area contributed by atoms with Gasteiger partial charge >= 0.3 is 0 Å². The third kappa shape index (κ3) is 3.97. The van der Waals surface area contributed by atoms with Gasteiger partial charge in [-0.05, 0) is 29.9 Å². The molecule has 0 bridgehead atoms. The van der Waals surface area contributed by atoms with E-state index in [1.54, 1.807) is 6.20 Å². The first-order valence-corrected chi connectivity index (χ1v) is 8.35. The van der Waals surface area contributed by atoms with Crippen LogP contribution in [0.1, 0.15) is 52.0 Å². The Morgan fingerprint density at radius 1 is 1.09 bits per heavy atom. The lowest BCUT2D eigenvalue weighted by Gasteiger charge is -2.23. The summed E-state index contributed by atoms with van der Waals surface area (Å²) in [4.78, 5) is 4.56. The van der Waals surface area contributed by atoms with Gasteiger partial charge in [-0.2, -0.15) is 10.1 Å².